The van der Waals surface area contributed by atoms with Crippen LogP contribution >= 0.6 is 0 Å². The summed E-state index contributed by atoms with van der Waals surface area (Å²) in [5.41, 5.74) is 1.13. The van der Waals surface area contributed by atoms with E-state index in [1.807, 2.05) is 44.2 Å². The van der Waals surface area contributed by atoms with Crippen molar-refractivity contribution in [1.82, 2.24) is 0 Å². The number of ether oxygens (including phenoxy) is 5. The summed E-state index contributed by atoms with van der Waals surface area (Å²) in [5.74, 6) is -0.524. The van der Waals surface area contributed by atoms with Gasteiger partial charge in [0.25, 0.3) is 0 Å². The minimum absolute atomic E-state index is 0. The van der Waals surface area contributed by atoms with Gasteiger partial charge in [-0.3, -0.25) is 0 Å². The van der Waals surface area contributed by atoms with Crippen LogP contribution in [0.1, 0.15) is 34.3 Å². The second-order valence-corrected chi connectivity index (χ2v) is 6.23. The Kier molecular flexibility index (Phi) is 12.4. The van der Waals surface area contributed by atoms with E-state index in [-0.39, 0.29) is 27.1 Å². The van der Waals surface area contributed by atoms with Crippen LogP contribution in [0.3, 0.4) is 0 Å². The fourth-order valence-corrected chi connectivity index (χ4v) is 2.39. The van der Waals surface area contributed by atoms with E-state index in [9.17, 15) is 0 Å². The molecule has 150 valence electrons. The van der Waals surface area contributed by atoms with Gasteiger partial charge in [-0.05, 0) is 19.4 Å². The highest BCUT2D eigenvalue weighted by atomic mass is 16.7. The largest absolute Gasteiger partial charge is 0.376 e. The summed E-state index contributed by atoms with van der Waals surface area (Å²) in [5, 5.41) is 0. The highest BCUT2D eigenvalue weighted by Crippen LogP contribution is 2.22. The summed E-state index contributed by atoms with van der Waals surface area (Å²) in [6.07, 6.45) is 1.55. The summed E-state index contributed by atoms with van der Waals surface area (Å²) < 4.78 is 28.4. The van der Waals surface area contributed by atoms with Crippen molar-refractivity contribution in [1.29, 1.82) is 0 Å². The topological polar surface area (TPSA) is 46.2 Å². The summed E-state index contributed by atoms with van der Waals surface area (Å²) >= 11 is 0. The molecule has 26 heavy (non-hydrogen) atoms. The molecule has 2 unspecified atom stereocenters. The SMILES string of the molecule is C.C.C=CCOCC(COCC1COC(C)(C)O1)OCc1ccccc1. The fraction of sp³-hybridized carbons (Fsp3) is 0.619. The van der Waals surface area contributed by atoms with Crippen molar-refractivity contribution in [3.8, 4) is 0 Å². The van der Waals surface area contributed by atoms with E-state index in [1.165, 1.54) is 0 Å². The molecular formula is C21H36O5. The predicted octanol–water partition coefficient (Wildman–Crippen LogP) is 4.21. The van der Waals surface area contributed by atoms with Crippen LogP contribution < -0.4 is 0 Å². The molecule has 0 bridgehead atoms. The lowest BCUT2D eigenvalue weighted by Gasteiger charge is -2.20. The maximum atomic E-state index is 5.92. The lowest BCUT2D eigenvalue weighted by molar-refractivity contribution is -0.148. The van der Waals surface area contributed by atoms with Gasteiger partial charge in [-0.1, -0.05) is 51.3 Å². The molecule has 2 atom stereocenters. The zero-order valence-corrected chi connectivity index (χ0v) is 14.6. The minimum Gasteiger partial charge on any atom is -0.376 e. The molecule has 1 aromatic rings. The zero-order valence-electron chi connectivity index (χ0n) is 14.6. The molecule has 0 aliphatic carbocycles. The van der Waals surface area contributed by atoms with Gasteiger partial charge in [-0.15, -0.1) is 6.58 Å². The molecule has 5 heteroatoms. The molecule has 1 aliphatic rings. The fourth-order valence-electron chi connectivity index (χ4n) is 2.39. The van der Waals surface area contributed by atoms with E-state index in [4.69, 9.17) is 23.7 Å². The van der Waals surface area contributed by atoms with Gasteiger partial charge in [0.2, 0.25) is 0 Å². The van der Waals surface area contributed by atoms with Gasteiger partial charge in [0.15, 0.2) is 5.79 Å². The number of benzene rings is 1. The normalized spacial score (nSPS) is 19.2. The molecule has 1 heterocycles. The molecule has 0 saturated carbocycles. The first-order chi connectivity index (χ1) is 11.6. The first-order valence-corrected chi connectivity index (χ1v) is 8.33. The standard InChI is InChI=1S/C19H28O5.2CH4/c1-4-10-20-12-17(22-11-16-8-6-5-7-9-16)13-21-14-18-15-23-19(2,3)24-18;;/h4-9,17-18H,1,10-15H2,2-3H3;2*1H4. The molecule has 0 radical (unpaired) electrons. The van der Waals surface area contributed by atoms with Gasteiger partial charge in [0, 0.05) is 0 Å². The van der Waals surface area contributed by atoms with E-state index in [0.29, 0.717) is 39.6 Å². The molecule has 5 nitrogen and oxygen atoms in total. The number of hydrogen-bond acceptors (Lipinski definition) is 5. The van der Waals surface area contributed by atoms with Crippen LogP contribution in [-0.2, 0) is 30.3 Å². The van der Waals surface area contributed by atoms with Gasteiger partial charge >= 0.3 is 0 Å². The average Bonchev–Trinajstić information content (AvgIpc) is 2.92. The summed E-state index contributed by atoms with van der Waals surface area (Å²) in [6.45, 7) is 10.4. The molecule has 2 rings (SSSR count). The molecule has 1 aliphatic heterocycles. The van der Waals surface area contributed by atoms with E-state index in [1.54, 1.807) is 6.08 Å². The van der Waals surface area contributed by atoms with E-state index in [0.717, 1.165) is 5.56 Å². The third-order valence-electron chi connectivity index (χ3n) is 3.54. The monoisotopic (exact) mass is 368 g/mol. The Morgan fingerprint density at radius 3 is 2.50 bits per heavy atom. The molecule has 1 fully saturated rings. The predicted molar refractivity (Wildman–Crippen MR) is 105 cm³/mol. The maximum Gasteiger partial charge on any atom is 0.163 e. The van der Waals surface area contributed by atoms with Crippen LogP contribution in [0.4, 0.5) is 0 Å². The van der Waals surface area contributed by atoms with E-state index in [2.05, 4.69) is 6.58 Å². The van der Waals surface area contributed by atoms with Crippen LogP contribution in [0.25, 0.3) is 0 Å². The lowest BCUT2D eigenvalue weighted by atomic mass is 10.2. The average molecular weight is 369 g/mol. The lowest BCUT2D eigenvalue weighted by Crippen LogP contribution is -2.29. The summed E-state index contributed by atoms with van der Waals surface area (Å²) in [6, 6.07) is 10.1. The molecule has 0 N–H and O–H groups in total. The summed E-state index contributed by atoms with van der Waals surface area (Å²) in [7, 11) is 0. The van der Waals surface area contributed by atoms with E-state index >= 15 is 0 Å². The van der Waals surface area contributed by atoms with Gasteiger partial charge in [0.1, 0.15) is 12.2 Å². The molecular weight excluding hydrogens is 332 g/mol. The van der Waals surface area contributed by atoms with Gasteiger partial charge in [-0.2, -0.15) is 0 Å². The Bertz CT molecular complexity index is 475. The van der Waals surface area contributed by atoms with Crippen LogP contribution in [-0.4, -0.2) is 51.0 Å². The van der Waals surface area contributed by atoms with E-state index < -0.39 is 5.79 Å². The highest BCUT2D eigenvalue weighted by Gasteiger charge is 2.32. The van der Waals surface area contributed by atoms with Crippen molar-refractivity contribution in [2.45, 2.75) is 53.3 Å². The number of rotatable bonds is 11. The molecule has 1 saturated heterocycles. The van der Waals surface area contributed by atoms with Crippen LogP contribution in [0.15, 0.2) is 43.0 Å². The Labute approximate surface area is 159 Å². The molecule has 0 amide bonds. The summed E-state index contributed by atoms with van der Waals surface area (Å²) in [4.78, 5) is 0. The van der Waals surface area contributed by atoms with Crippen molar-refractivity contribution in [2.24, 2.45) is 0 Å². The third-order valence-corrected chi connectivity index (χ3v) is 3.54. The Balaban J connectivity index is 0.00000312. The second-order valence-electron chi connectivity index (χ2n) is 6.23. The Morgan fingerprint density at radius 1 is 1.19 bits per heavy atom. The Morgan fingerprint density at radius 2 is 1.88 bits per heavy atom. The van der Waals surface area contributed by atoms with Crippen LogP contribution in [0, 0.1) is 0 Å². The Hall–Kier alpha value is -1.24. The third kappa shape index (κ3) is 9.46. The maximum absolute atomic E-state index is 5.92. The molecule has 1 aromatic carbocycles. The van der Waals surface area contributed by atoms with Crippen molar-refractivity contribution < 1.29 is 23.7 Å². The first-order valence-electron chi connectivity index (χ1n) is 8.33. The quantitative estimate of drug-likeness (QED) is 0.432. The second kappa shape index (κ2) is 13.0. The van der Waals surface area contributed by atoms with Crippen LogP contribution in [0.5, 0.6) is 0 Å². The number of hydrogen-bond donors (Lipinski definition) is 0. The van der Waals surface area contributed by atoms with Crippen molar-refractivity contribution in [3.05, 3.63) is 48.6 Å². The molecule has 0 spiro atoms. The molecule has 0 aromatic heterocycles. The smallest absolute Gasteiger partial charge is 0.163 e. The van der Waals surface area contributed by atoms with Crippen molar-refractivity contribution >= 4 is 0 Å². The van der Waals surface area contributed by atoms with Crippen LogP contribution in [0.2, 0.25) is 0 Å². The van der Waals surface area contributed by atoms with Gasteiger partial charge in [-0.25, -0.2) is 0 Å². The zero-order chi connectivity index (χ0) is 17.3. The van der Waals surface area contributed by atoms with Gasteiger partial charge < -0.3 is 23.7 Å². The van der Waals surface area contributed by atoms with Crippen molar-refractivity contribution in [3.63, 3.8) is 0 Å². The minimum atomic E-state index is -0.524. The first kappa shape index (κ1) is 24.8. The van der Waals surface area contributed by atoms with Gasteiger partial charge in [0.05, 0.1) is 39.6 Å². The highest BCUT2D eigenvalue weighted by molar-refractivity contribution is 5.13. The van der Waals surface area contributed by atoms with Crippen molar-refractivity contribution in [2.75, 3.05) is 33.0 Å².